The first-order valence-corrected chi connectivity index (χ1v) is 19.7. The van der Waals surface area contributed by atoms with Crippen LogP contribution in [-0.2, 0) is 6.54 Å². The van der Waals surface area contributed by atoms with Gasteiger partial charge in [-0.2, -0.15) is 0 Å². The molecular weight excluding hydrogens is 719 g/mol. The average Bonchev–Trinajstić information content (AvgIpc) is 3.84. The SMILES string of the molecule is C=C/C=c1\c(=C)c2cc3ccccc3n2c2cc3c4ccccc4n(-c4ccc(-c5cccc(C(N=C)=NC(=NCc6ccccc6)c6ccccc6)c5)cc4)c3cc12. The number of hydrogen-bond donors (Lipinski definition) is 0. The summed E-state index contributed by atoms with van der Waals surface area (Å²) in [5.41, 5.74) is 11.8. The Morgan fingerprint density at radius 1 is 0.542 bits per heavy atom. The molecule has 59 heavy (non-hydrogen) atoms. The zero-order valence-corrected chi connectivity index (χ0v) is 32.5. The second-order valence-electron chi connectivity index (χ2n) is 14.7. The highest BCUT2D eigenvalue weighted by Crippen LogP contribution is 2.36. The number of aromatic nitrogens is 2. The standard InChI is InChI=1S/C54H39N5/c1-4-16-44-36(2)50-32-41-21-11-13-25-48(41)59(50)52-34-47-45-24-12-14-26-49(45)58(51(47)33-46(44)52)43-29-27-38(28-30-43)40-22-15-23-42(31-40)53(55-3)57-54(39-19-9-6-10-20-39)56-35-37-17-7-5-8-18-37/h4-34H,1-3,35H2/b44-16+,56-54?,57-53?. The summed E-state index contributed by atoms with van der Waals surface area (Å²) in [6.45, 7) is 13.1. The second kappa shape index (κ2) is 14.9. The summed E-state index contributed by atoms with van der Waals surface area (Å²) in [6, 6.07) is 61.4. The van der Waals surface area contributed by atoms with Crippen LogP contribution in [0.1, 0.15) is 16.7 Å². The van der Waals surface area contributed by atoms with Crippen LogP contribution in [0.3, 0.4) is 0 Å². The first kappa shape index (κ1) is 35.5. The number of rotatable bonds is 7. The van der Waals surface area contributed by atoms with Gasteiger partial charge in [-0.15, -0.1) is 0 Å². The van der Waals surface area contributed by atoms with E-state index >= 15 is 0 Å². The maximum atomic E-state index is 4.98. The molecule has 10 rings (SSSR count). The number of amidine groups is 2. The molecule has 7 aromatic carbocycles. The van der Waals surface area contributed by atoms with Crippen LogP contribution in [0, 0.1) is 0 Å². The molecule has 10 aromatic rings. The van der Waals surface area contributed by atoms with Gasteiger partial charge >= 0.3 is 0 Å². The number of pyridine rings is 1. The number of nitrogens with zero attached hydrogens (tertiary/aromatic N) is 5. The Morgan fingerprint density at radius 2 is 1.24 bits per heavy atom. The zero-order chi connectivity index (χ0) is 39.9. The van der Waals surface area contributed by atoms with Crippen LogP contribution in [0.2, 0.25) is 0 Å². The van der Waals surface area contributed by atoms with E-state index in [4.69, 9.17) is 9.98 Å². The van der Waals surface area contributed by atoms with E-state index in [-0.39, 0.29) is 0 Å². The van der Waals surface area contributed by atoms with Crippen LogP contribution in [0.15, 0.2) is 204 Å². The average molecular weight is 758 g/mol. The summed E-state index contributed by atoms with van der Waals surface area (Å²) in [7, 11) is 0. The molecule has 5 heteroatoms. The highest BCUT2D eigenvalue weighted by atomic mass is 15.0. The van der Waals surface area contributed by atoms with Gasteiger partial charge in [0.1, 0.15) is 0 Å². The van der Waals surface area contributed by atoms with Crippen molar-refractivity contribution >= 4 is 80.2 Å². The van der Waals surface area contributed by atoms with Crippen molar-refractivity contribution in [2.75, 3.05) is 0 Å². The third-order valence-corrected chi connectivity index (χ3v) is 11.2. The number of allylic oxidation sites excluding steroid dienone is 1. The molecule has 0 unspecified atom stereocenters. The van der Waals surface area contributed by atoms with Gasteiger partial charge < -0.3 is 8.97 Å². The smallest absolute Gasteiger partial charge is 0.161 e. The molecule has 0 aliphatic heterocycles. The summed E-state index contributed by atoms with van der Waals surface area (Å²) >= 11 is 0. The van der Waals surface area contributed by atoms with E-state index in [1.54, 1.807) is 0 Å². The molecule has 3 heterocycles. The fraction of sp³-hybridized carbons (Fsp3) is 0.0185. The van der Waals surface area contributed by atoms with E-state index in [1.165, 1.54) is 21.7 Å². The van der Waals surface area contributed by atoms with Crippen LogP contribution in [0.5, 0.6) is 0 Å². The molecule has 0 atom stereocenters. The molecular formula is C54H39N5. The predicted octanol–water partition coefficient (Wildman–Crippen LogP) is 11.5. The molecule has 0 amide bonds. The second-order valence-corrected chi connectivity index (χ2v) is 14.7. The first-order valence-electron chi connectivity index (χ1n) is 19.7. The van der Waals surface area contributed by atoms with E-state index < -0.39 is 0 Å². The third-order valence-electron chi connectivity index (χ3n) is 11.2. The third kappa shape index (κ3) is 6.26. The van der Waals surface area contributed by atoms with E-state index in [9.17, 15) is 0 Å². The minimum absolute atomic E-state index is 0.507. The lowest BCUT2D eigenvalue weighted by atomic mass is 10.0. The van der Waals surface area contributed by atoms with E-state index in [1.807, 2.05) is 66.7 Å². The van der Waals surface area contributed by atoms with Gasteiger partial charge in [0.15, 0.2) is 11.7 Å². The lowest BCUT2D eigenvalue weighted by Gasteiger charge is -2.12. The van der Waals surface area contributed by atoms with Gasteiger partial charge in [0.05, 0.1) is 34.1 Å². The minimum atomic E-state index is 0.507. The minimum Gasteiger partial charge on any atom is -0.309 e. The van der Waals surface area contributed by atoms with Crippen LogP contribution in [0.25, 0.3) is 78.6 Å². The Bertz CT molecular complexity index is 3440. The number of aliphatic imine (C=N–C) groups is 3. The van der Waals surface area contributed by atoms with Crippen LogP contribution in [0.4, 0.5) is 0 Å². The number of para-hydroxylation sites is 2. The van der Waals surface area contributed by atoms with Gasteiger partial charge in [-0.25, -0.2) is 9.98 Å². The van der Waals surface area contributed by atoms with Gasteiger partial charge in [0.25, 0.3) is 0 Å². The maximum Gasteiger partial charge on any atom is 0.161 e. The first-order chi connectivity index (χ1) is 29.1. The maximum absolute atomic E-state index is 4.98. The molecule has 0 radical (unpaired) electrons. The molecule has 0 spiro atoms. The summed E-state index contributed by atoms with van der Waals surface area (Å²) in [6.07, 6.45) is 3.94. The quantitative estimate of drug-likeness (QED) is 0.115. The largest absolute Gasteiger partial charge is 0.309 e. The van der Waals surface area contributed by atoms with Gasteiger partial charge in [-0.1, -0.05) is 153 Å². The molecule has 280 valence electrons. The fourth-order valence-electron chi connectivity index (χ4n) is 8.39. The van der Waals surface area contributed by atoms with Crippen LogP contribution in [-0.4, -0.2) is 27.4 Å². The molecule has 0 saturated carbocycles. The van der Waals surface area contributed by atoms with Crippen molar-refractivity contribution in [1.29, 1.82) is 0 Å². The normalized spacial score (nSPS) is 12.6. The zero-order valence-electron chi connectivity index (χ0n) is 32.5. The number of benzene rings is 7. The lowest BCUT2D eigenvalue weighted by Crippen LogP contribution is -2.26. The van der Waals surface area contributed by atoms with Gasteiger partial charge in [-0.05, 0) is 82.4 Å². The van der Waals surface area contributed by atoms with E-state index in [0.717, 1.165) is 71.4 Å². The fourth-order valence-corrected chi connectivity index (χ4v) is 8.39. The molecule has 0 N–H and O–H groups in total. The Hall–Kier alpha value is -7.89. The van der Waals surface area contributed by atoms with Crippen molar-refractivity contribution < 1.29 is 0 Å². The van der Waals surface area contributed by atoms with Gasteiger partial charge in [-0.3, -0.25) is 4.99 Å². The Morgan fingerprint density at radius 3 is 2.02 bits per heavy atom. The topological polar surface area (TPSA) is 46.4 Å². The highest BCUT2D eigenvalue weighted by molar-refractivity contribution is 6.15. The van der Waals surface area contributed by atoms with Gasteiger partial charge in [0, 0.05) is 38.4 Å². The molecule has 0 aliphatic rings. The van der Waals surface area contributed by atoms with Gasteiger partial charge in [0.2, 0.25) is 0 Å². The summed E-state index contributed by atoms with van der Waals surface area (Å²) in [5.74, 6) is 1.12. The molecule has 5 nitrogen and oxygen atoms in total. The highest BCUT2D eigenvalue weighted by Gasteiger charge is 2.17. The molecule has 0 fully saturated rings. The summed E-state index contributed by atoms with van der Waals surface area (Å²) in [4.78, 5) is 14.3. The van der Waals surface area contributed by atoms with Crippen molar-refractivity contribution in [2.45, 2.75) is 6.54 Å². The van der Waals surface area contributed by atoms with Crippen molar-refractivity contribution in [3.8, 4) is 16.8 Å². The lowest BCUT2D eigenvalue weighted by molar-refractivity contribution is 1.06. The molecule has 3 aromatic heterocycles. The Balaban J connectivity index is 1.07. The number of hydrogen-bond acceptors (Lipinski definition) is 1. The van der Waals surface area contributed by atoms with Crippen LogP contribution >= 0.6 is 0 Å². The van der Waals surface area contributed by atoms with Crippen LogP contribution < -0.4 is 10.4 Å². The molecule has 0 saturated heterocycles. The van der Waals surface area contributed by atoms with Crippen molar-refractivity contribution in [3.05, 3.63) is 216 Å². The van der Waals surface area contributed by atoms with Crippen molar-refractivity contribution in [2.24, 2.45) is 15.0 Å². The monoisotopic (exact) mass is 757 g/mol. The molecule has 0 bridgehead atoms. The van der Waals surface area contributed by atoms with E-state index in [2.05, 4.69) is 155 Å². The Labute approximate surface area is 341 Å². The van der Waals surface area contributed by atoms with Crippen molar-refractivity contribution in [1.82, 2.24) is 8.97 Å². The van der Waals surface area contributed by atoms with E-state index in [0.29, 0.717) is 18.2 Å². The molecule has 0 aliphatic carbocycles. The Kier molecular flexibility index (Phi) is 8.96. The van der Waals surface area contributed by atoms with Crippen molar-refractivity contribution in [3.63, 3.8) is 0 Å². The summed E-state index contributed by atoms with van der Waals surface area (Å²) < 4.78 is 4.73. The number of fused-ring (bicyclic) bond motifs is 8. The summed E-state index contributed by atoms with van der Waals surface area (Å²) in [5, 5.41) is 6.77. The predicted molar refractivity (Wildman–Crippen MR) is 251 cm³/mol.